The van der Waals surface area contributed by atoms with Crippen molar-refractivity contribution in [3.63, 3.8) is 0 Å². The van der Waals surface area contributed by atoms with Crippen LogP contribution in [0.3, 0.4) is 0 Å². The van der Waals surface area contributed by atoms with Gasteiger partial charge in [-0.15, -0.1) is 0 Å². The molecule has 9 heteroatoms. The molecule has 1 aliphatic carbocycles. The molecule has 0 unspecified atom stereocenters. The van der Waals surface area contributed by atoms with Crippen molar-refractivity contribution in [2.45, 2.75) is 62.7 Å². The maximum atomic E-state index is 13.1. The van der Waals surface area contributed by atoms with Gasteiger partial charge in [-0.1, -0.05) is 12.8 Å². The third-order valence-corrected chi connectivity index (χ3v) is 6.00. The van der Waals surface area contributed by atoms with Crippen molar-refractivity contribution >= 4 is 15.9 Å². The molecule has 1 saturated carbocycles. The number of rotatable bonds is 5. The number of alkyl halides is 3. The van der Waals surface area contributed by atoms with Gasteiger partial charge in [0.05, 0.1) is 10.8 Å². The summed E-state index contributed by atoms with van der Waals surface area (Å²) in [4.78, 5) is 12.3. The van der Waals surface area contributed by atoms with Gasteiger partial charge in [-0.3, -0.25) is 4.79 Å². The maximum absolute atomic E-state index is 13.1. The van der Waals surface area contributed by atoms with Gasteiger partial charge in [0.2, 0.25) is 10.0 Å². The third-order valence-electron chi connectivity index (χ3n) is 4.32. The molecule has 1 aromatic rings. The van der Waals surface area contributed by atoms with E-state index in [9.17, 15) is 26.4 Å². The van der Waals surface area contributed by atoms with Crippen LogP contribution in [0, 0.1) is 5.92 Å². The lowest BCUT2D eigenvalue weighted by atomic mass is 9.84. The average Bonchev–Trinajstić information content (AvgIpc) is 2.53. The summed E-state index contributed by atoms with van der Waals surface area (Å²) in [5, 5.41) is 2.46. The first-order chi connectivity index (χ1) is 12.0. The lowest BCUT2D eigenvalue weighted by Crippen LogP contribution is -2.47. The summed E-state index contributed by atoms with van der Waals surface area (Å²) >= 11 is 0. The first-order valence-corrected chi connectivity index (χ1v) is 9.99. The Balaban J connectivity index is 2.10. The Kier molecular flexibility index (Phi) is 6.33. The van der Waals surface area contributed by atoms with Crippen LogP contribution in [0.4, 0.5) is 13.2 Å². The van der Waals surface area contributed by atoms with Crippen LogP contribution in [-0.4, -0.2) is 32.6 Å². The molecular weight excluding hydrogens is 369 g/mol. The molecular formula is C17H23F3N2O3S. The number of benzene rings is 1. The second-order valence-corrected chi connectivity index (χ2v) is 8.53. The van der Waals surface area contributed by atoms with Gasteiger partial charge >= 0.3 is 6.18 Å². The van der Waals surface area contributed by atoms with Gasteiger partial charge in [0.25, 0.3) is 5.91 Å². The van der Waals surface area contributed by atoms with Crippen LogP contribution in [0.5, 0.6) is 0 Å². The Morgan fingerprint density at radius 1 is 1.12 bits per heavy atom. The molecule has 0 saturated heterocycles. The highest BCUT2D eigenvalue weighted by atomic mass is 32.2. The highest BCUT2D eigenvalue weighted by Gasteiger charge is 2.46. The molecule has 1 fully saturated rings. The number of carbonyl (C=O) groups excluding carboxylic acids is 1. The van der Waals surface area contributed by atoms with Gasteiger partial charge in [-0.05, 0) is 51.0 Å². The van der Waals surface area contributed by atoms with Gasteiger partial charge < -0.3 is 5.32 Å². The minimum atomic E-state index is -4.35. The van der Waals surface area contributed by atoms with Crippen LogP contribution in [0.15, 0.2) is 29.2 Å². The molecule has 1 aromatic carbocycles. The predicted molar refractivity (Wildman–Crippen MR) is 91.2 cm³/mol. The maximum Gasteiger partial charge on any atom is 0.393 e. The topological polar surface area (TPSA) is 75.3 Å². The molecule has 0 bridgehead atoms. The van der Waals surface area contributed by atoms with Gasteiger partial charge in [-0.2, -0.15) is 13.2 Å². The largest absolute Gasteiger partial charge is 0.393 e. The SMILES string of the molecule is CC(C)NS(=O)(=O)c1ccc(C(=O)N[C@H]2CCCC[C@H]2C(F)(F)F)cc1. The zero-order valence-corrected chi connectivity index (χ0v) is 15.5. The first-order valence-electron chi connectivity index (χ1n) is 8.50. The monoisotopic (exact) mass is 392 g/mol. The molecule has 0 aromatic heterocycles. The summed E-state index contributed by atoms with van der Waals surface area (Å²) < 4.78 is 65.9. The summed E-state index contributed by atoms with van der Waals surface area (Å²) in [6.07, 6.45) is -2.94. The highest BCUT2D eigenvalue weighted by molar-refractivity contribution is 7.89. The fourth-order valence-corrected chi connectivity index (χ4v) is 4.36. The minimum Gasteiger partial charge on any atom is -0.349 e. The van der Waals surface area contributed by atoms with Crippen LogP contribution in [-0.2, 0) is 10.0 Å². The molecule has 146 valence electrons. The molecule has 0 heterocycles. The van der Waals surface area contributed by atoms with Gasteiger partial charge in [-0.25, -0.2) is 13.1 Å². The van der Waals surface area contributed by atoms with Crippen molar-refractivity contribution in [3.8, 4) is 0 Å². The van der Waals surface area contributed by atoms with E-state index < -0.39 is 34.1 Å². The predicted octanol–water partition coefficient (Wildman–Crippen LogP) is 3.22. The van der Waals surface area contributed by atoms with E-state index in [-0.39, 0.29) is 29.3 Å². The summed E-state index contributed by atoms with van der Waals surface area (Å²) in [6, 6.07) is 3.89. The zero-order chi connectivity index (χ0) is 19.5. The standard InChI is InChI=1S/C17H23F3N2O3S/c1-11(2)22-26(24,25)13-9-7-12(8-10-13)16(23)21-15-6-4-3-5-14(15)17(18,19)20/h7-11,14-15,22H,3-6H2,1-2H3,(H,21,23)/t14-,15+/m1/s1. The van der Waals surface area contributed by atoms with Gasteiger partial charge in [0.15, 0.2) is 0 Å². The third kappa shape index (κ3) is 5.20. The van der Waals surface area contributed by atoms with Crippen LogP contribution in [0.2, 0.25) is 0 Å². The highest BCUT2D eigenvalue weighted by Crippen LogP contribution is 2.37. The Morgan fingerprint density at radius 2 is 1.69 bits per heavy atom. The lowest BCUT2D eigenvalue weighted by molar-refractivity contribution is -0.187. The molecule has 1 aliphatic rings. The zero-order valence-electron chi connectivity index (χ0n) is 14.6. The average molecular weight is 392 g/mol. The smallest absolute Gasteiger partial charge is 0.349 e. The number of nitrogens with one attached hydrogen (secondary N) is 2. The molecule has 5 nitrogen and oxygen atoms in total. The fourth-order valence-electron chi connectivity index (χ4n) is 3.11. The normalized spacial score (nSPS) is 21.6. The van der Waals surface area contributed by atoms with Crippen LogP contribution >= 0.6 is 0 Å². The van der Waals surface area contributed by atoms with Gasteiger partial charge in [0, 0.05) is 17.6 Å². The Labute approximate surface area is 151 Å². The summed E-state index contributed by atoms with van der Waals surface area (Å²) in [7, 11) is -3.69. The molecule has 26 heavy (non-hydrogen) atoms. The lowest BCUT2D eigenvalue weighted by Gasteiger charge is -2.33. The van der Waals surface area contributed by atoms with Crippen molar-refractivity contribution in [2.75, 3.05) is 0 Å². The van der Waals surface area contributed by atoms with E-state index in [0.717, 1.165) is 0 Å². The van der Waals surface area contributed by atoms with E-state index in [1.165, 1.54) is 24.3 Å². The Bertz CT molecular complexity index is 731. The van der Waals surface area contributed by atoms with Crippen molar-refractivity contribution in [2.24, 2.45) is 5.92 Å². The van der Waals surface area contributed by atoms with Crippen molar-refractivity contribution < 1.29 is 26.4 Å². The molecule has 0 radical (unpaired) electrons. The van der Waals surface area contributed by atoms with Crippen molar-refractivity contribution in [1.29, 1.82) is 0 Å². The minimum absolute atomic E-state index is 0.00594. The molecule has 2 rings (SSSR count). The van der Waals surface area contributed by atoms with E-state index in [1.54, 1.807) is 13.8 Å². The van der Waals surface area contributed by atoms with Crippen molar-refractivity contribution in [1.82, 2.24) is 10.0 Å². The number of amides is 1. The van der Waals surface area contributed by atoms with E-state index in [1.807, 2.05) is 0 Å². The number of halogens is 3. The van der Waals surface area contributed by atoms with E-state index in [2.05, 4.69) is 10.0 Å². The first kappa shape index (κ1) is 20.7. The van der Waals surface area contributed by atoms with Crippen LogP contribution < -0.4 is 10.0 Å². The van der Waals surface area contributed by atoms with Crippen molar-refractivity contribution in [3.05, 3.63) is 29.8 Å². The second kappa shape index (κ2) is 7.96. The van der Waals surface area contributed by atoms with E-state index in [4.69, 9.17) is 0 Å². The summed E-state index contributed by atoms with van der Waals surface area (Å²) in [5.74, 6) is -2.18. The van der Waals surface area contributed by atoms with E-state index >= 15 is 0 Å². The molecule has 0 spiro atoms. The number of carbonyl (C=O) groups is 1. The molecule has 2 atom stereocenters. The van der Waals surface area contributed by atoms with E-state index in [0.29, 0.717) is 12.8 Å². The molecule has 1 amide bonds. The molecule has 2 N–H and O–H groups in total. The Hall–Kier alpha value is -1.61. The van der Waals surface area contributed by atoms with Gasteiger partial charge in [0.1, 0.15) is 0 Å². The number of hydrogen-bond donors (Lipinski definition) is 2. The van der Waals surface area contributed by atoms with Crippen LogP contribution in [0.25, 0.3) is 0 Å². The fraction of sp³-hybridized carbons (Fsp3) is 0.588. The Morgan fingerprint density at radius 3 is 2.23 bits per heavy atom. The quantitative estimate of drug-likeness (QED) is 0.808. The second-order valence-electron chi connectivity index (χ2n) is 6.81. The molecule has 0 aliphatic heterocycles. The van der Waals surface area contributed by atoms with Crippen LogP contribution in [0.1, 0.15) is 49.9 Å². The summed E-state index contributed by atoms with van der Waals surface area (Å²) in [6.45, 7) is 3.36. The number of hydrogen-bond acceptors (Lipinski definition) is 3. The number of sulfonamides is 1. The summed E-state index contributed by atoms with van der Waals surface area (Å²) in [5.41, 5.74) is 0.125.